The number of aliphatic hydroxyl groups is 1. The first-order valence-corrected chi connectivity index (χ1v) is 14.8. The molecule has 0 aromatic rings. The Labute approximate surface area is 227 Å². The summed E-state index contributed by atoms with van der Waals surface area (Å²) in [6.07, 6.45) is 19.6. The Morgan fingerprint density at radius 2 is 1.00 bits per heavy atom. The van der Waals surface area contributed by atoms with Gasteiger partial charge in [0.05, 0.1) is 46.2 Å². The average Bonchev–Trinajstić information content (AvgIpc) is 2.90. The molecule has 37 heavy (non-hydrogen) atoms. The Morgan fingerprint density at radius 1 is 0.568 bits per heavy atom. The predicted octanol–water partition coefficient (Wildman–Crippen LogP) is 6.23. The van der Waals surface area contributed by atoms with Gasteiger partial charge in [0, 0.05) is 19.3 Å². The fourth-order valence-electron chi connectivity index (χ4n) is 3.64. The minimum absolute atomic E-state index is 0.0219. The maximum atomic E-state index is 11.7. The van der Waals surface area contributed by atoms with Gasteiger partial charge in [-0.25, -0.2) is 0 Å². The van der Waals surface area contributed by atoms with Crippen LogP contribution in [0.1, 0.15) is 116 Å². The summed E-state index contributed by atoms with van der Waals surface area (Å²) in [4.78, 5) is 11.7. The summed E-state index contributed by atoms with van der Waals surface area (Å²) in [5.74, 6) is 12.2. The SMILES string of the molecule is CCCCCCCCCCC#CC#CCCCCCCCCC(=O)OCCOCCOCCOCCO. The first-order chi connectivity index (χ1) is 18.3. The van der Waals surface area contributed by atoms with Crippen molar-refractivity contribution in [3.8, 4) is 23.7 Å². The molecule has 0 amide bonds. The molecule has 0 unspecified atom stereocenters. The number of unbranched alkanes of at least 4 members (excludes halogenated alkanes) is 14. The number of ether oxygens (including phenoxy) is 4. The van der Waals surface area contributed by atoms with E-state index in [2.05, 4.69) is 30.6 Å². The smallest absolute Gasteiger partial charge is 0.305 e. The van der Waals surface area contributed by atoms with Crippen molar-refractivity contribution >= 4 is 5.97 Å². The van der Waals surface area contributed by atoms with Crippen LogP contribution in [0.5, 0.6) is 0 Å². The third-order valence-corrected chi connectivity index (χ3v) is 5.80. The van der Waals surface area contributed by atoms with Crippen molar-refractivity contribution in [1.29, 1.82) is 0 Å². The Kier molecular flexibility index (Phi) is 31.1. The van der Waals surface area contributed by atoms with Crippen molar-refractivity contribution in [3.63, 3.8) is 0 Å². The first kappa shape index (κ1) is 35.4. The van der Waals surface area contributed by atoms with Gasteiger partial charge in [0.1, 0.15) is 6.61 Å². The molecule has 0 radical (unpaired) electrons. The summed E-state index contributed by atoms with van der Waals surface area (Å²) in [6, 6.07) is 0. The molecule has 0 aliphatic carbocycles. The minimum atomic E-state index is -0.153. The lowest BCUT2D eigenvalue weighted by Crippen LogP contribution is -2.14. The normalized spacial score (nSPS) is 10.4. The van der Waals surface area contributed by atoms with E-state index >= 15 is 0 Å². The fourth-order valence-corrected chi connectivity index (χ4v) is 3.64. The largest absolute Gasteiger partial charge is 0.463 e. The molecule has 0 saturated carbocycles. The van der Waals surface area contributed by atoms with Gasteiger partial charge in [-0.15, -0.1) is 0 Å². The molecule has 0 aliphatic rings. The van der Waals surface area contributed by atoms with E-state index in [1.165, 1.54) is 64.2 Å². The van der Waals surface area contributed by atoms with Crippen molar-refractivity contribution in [1.82, 2.24) is 0 Å². The highest BCUT2D eigenvalue weighted by Gasteiger charge is 2.02. The number of carbonyl (C=O) groups is 1. The summed E-state index contributed by atoms with van der Waals surface area (Å²) in [6.45, 7) is 5.13. The molecule has 0 rings (SSSR count). The van der Waals surface area contributed by atoms with Gasteiger partial charge in [-0.1, -0.05) is 89.4 Å². The van der Waals surface area contributed by atoms with Crippen molar-refractivity contribution in [3.05, 3.63) is 0 Å². The summed E-state index contributed by atoms with van der Waals surface area (Å²) < 4.78 is 20.9. The molecule has 0 fully saturated rings. The van der Waals surface area contributed by atoms with Crippen LogP contribution in [0, 0.1) is 23.7 Å². The van der Waals surface area contributed by atoms with Crippen LogP contribution in [-0.2, 0) is 23.7 Å². The van der Waals surface area contributed by atoms with Gasteiger partial charge < -0.3 is 24.1 Å². The van der Waals surface area contributed by atoms with Crippen molar-refractivity contribution in [2.45, 2.75) is 116 Å². The van der Waals surface area contributed by atoms with Gasteiger partial charge in [0.25, 0.3) is 0 Å². The van der Waals surface area contributed by atoms with E-state index in [-0.39, 0.29) is 19.2 Å². The number of esters is 1. The van der Waals surface area contributed by atoms with Crippen LogP contribution in [-0.4, -0.2) is 63.9 Å². The number of rotatable bonds is 27. The van der Waals surface area contributed by atoms with Gasteiger partial charge in [0.2, 0.25) is 0 Å². The number of carbonyl (C=O) groups excluding carboxylic acids is 1. The van der Waals surface area contributed by atoms with E-state index in [0.29, 0.717) is 46.1 Å². The predicted molar refractivity (Wildman–Crippen MR) is 150 cm³/mol. The summed E-state index contributed by atoms with van der Waals surface area (Å²) in [7, 11) is 0. The second kappa shape index (κ2) is 32.5. The van der Waals surface area contributed by atoms with Crippen LogP contribution in [0.2, 0.25) is 0 Å². The van der Waals surface area contributed by atoms with E-state index in [1.807, 2.05) is 0 Å². The van der Waals surface area contributed by atoms with Crippen LogP contribution in [0.15, 0.2) is 0 Å². The zero-order valence-corrected chi connectivity index (χ0v) is 23.7. The van der Waals surface area contributed by atoms with E-state index in [9.17, 15) is 4.79 Å². The number of aliphatic hydroxyl groups excluding tert-OH is 1. The molecule has 0 atom stereocenters. The van der Waals surface area contributed by atoms with Crippen LogP contribution in [0.3, 0.4) is 0 Å². The second-order valence-electron chi connectivity index (χ2n) is 9.23. The second-order valence-corrected chi connectivity index (χ2v) is 9.23. The Bertz CT molecular complexity index is 598. The zero-order chi connectivity index (χ0) is 26.9. The lowest BCUT2D eigenvalue weighted by molar-refractivity contribution is -0.145. The van der Waals surface area contributed by atoms with E-state index in [0.717, 1.165) is 38.5 Å². The first-order valence-electron chi connectivity index (χ1n) is 14.8. The van der Waals surface area contributed by atoms with Crippen LogP contribution in [0.4, 0.5) is 0 Å². The van der Waals surface area contributed by atoms with Gasteiger partial charge >= 0.3 is 5.97 Å². The van der Waals surface area contributed by atoms with Crippen LogP contribution < -0.4 is 0 Å². The molecule has 6 heteroatoms. The maximum Gasteiger partial charge on any atom is 0.305 e. The quantitative estimate of drug-likeness (QED) is 0.0783. The summed E-state index contributed by atoms with van der Waals surface area (Å²) in [5, 5.41) is 8.57. The minimum Gasteiger partial charge on any atom is -0.463 e. The molecule has 214 valence electrons. The number of hydrogen-bond acceptors (Lipinski definition) is 6. The van der Waals surface area contributed by atoms with Crippen molar-refractivity contribution in [2.24, 2.45) is 0 Å². The highest BCUT2D eigenvalue weighted by molar-refractivity contribution is 5.69. The molecule has 0 heterocycles. The Morgan fingerprint density at radius 3 is 1.51 bits per heavy atom. The van der Waals surface area contributed by atoms with Crippen molar-refractivity contribution in [2.75, 3.05) is 52.9 Å². The highest BCUT2D eigenvalue weighted by atomic mass is 16.6. The fraction of sp³-hybridized carbons (Fsp3) is 0.839. The van der Waals surface area contributed by atoms with Crippen LogP contribution >= 0.6 is 0 Å². The maximum absolute atomic E-state index is 11.7. The molecule has 0 aliphatic heterocycles. The standard InChI is InChI=1S/C31H54O6/c1-2-3-4-5-6-7-8-9-10-11-12-13-14-15-16-17-18-19-20-21-22-31(33)37-30-29-36-28-27-35-26-25-34-24-23-32/h32H,2-10,15-30H2,1H3. The average molecular weight is 523 g/mol. The molecule has 1 N–H and O–H groups in total. The van der Waals surface area contributed by atoms with Gasteiger partial charge in [-0.3, -0.25) is 4.79 Å². The van der Waals surface area contributed by atoms with Crippen molar-refractivity contribution < 1.29 is 28.8 Å². The molecule has 6 nitrogen and oxygen atoms in total. The lowest BCUT2D eigenvalue weighted by Gasteiger charge is -2.07. The molecular formula is C31H54O6. The summed E-state index contributed by atoms with van der Waals surface area (Å²) >= 11 is 0. The number of hydrogen-bond donors (Lipinski definition) is 1. The van der Waals surface area contributed by atoms with Crippen LogP contribution in [0.25, 0.3) is 0 Å². The third-order valence-electron chi connectivity index (χ3n) is 5.80. The topological polar surface area (TPSA) is 74.2 Å². The molecule has 0 bridgehead atoms. The molecule has 0 spiro atoms. The Hall–Kier alpha value is -1.57. The van der Waals surface area contributed by atoms with Gasteiger partial charge in [-0.05, 0) is 31.1 Å². The zero-order valence-electron chi connectivity index (χ0n) is 23.7. The van der Waals surface area contributed by atoms with E-state index in [4.69, 9.17) is 24.1 Å². The molecule has 0 saturated heterocycles. The monoisotopic (exact) mass is 522 g/mol. The lowest BCUT2D eigenvalue weighted by atomic mass is 10.1. The molecular weight excluding hydrogens is 468 g/mol. The van der Waals surface area contributed by atoms with Gasteiger partial charge in [-0.2, -0.15) is 0 Å². The van der Waals surface area contributed by atoms with Gasteiger partial charge in [0.15, 0.2) is 0 Å². The van der Waals surface area contributed by atoms with E-state index in [1.54, 1.807) is 0 Å². The van der Waals surface area contributed by atoms with E-state index < -0.39 is 0 Å². The third kappa shape index (κ3) is 32.4. The highest BCUT2D eigenvalue weighted by Crippen LogP contribution is 2.10. The molecule has 0 aromatic carbocycles. The Balaban J connectivity index is 3.29. The molecule has 0 aromatic heterocycles. The summed E-state index contributed by atoms with van der Waals surface area (Å²) in [5.41, 5.74) is 0.